The van der Waals surface area contributed by atoms with Crippen molar-refractivity contribution < 1.29 is 17.9 Å². The molecule has 0 aliphatic rings. The molecule has 0 aliphatic carbocycles. The molecule has 0 aromatic heterocycles. The third-order valence-electron chi connectivity index (χ3n) is 3.57. The Morgan fingerprint density at radius 2 is 1.65 bits per heavy atom. The molecule has 1 atom stereocenters. The molecular formula is C17H21NO4S. The molecule has 23 heavy (non-hydrogen) atoms. The van der Waals surface area contributed by atoms with Gasteiger partial charge in [-0.2, -0.15) is 0 Å². The molecule has 0 fully saturated rings. The van der Waals surface area contributed by atoms with E-state index in [1.807, 2.05) is 6.92 Å². The quantitative estimate of drug-likeness (QED) is 0.881. The first-order chi connectivity index (χ1) is 10.9. The molecule has 0 saturated heterocycles. The Bertz CT molecular complexity index is 770. The molecule has 0 bridgehead atoms. The Hall–Kier alpha value is -2.05. The van der Waals surface area contributed by atoms with Gasteiger partial charge in [-0.25, -0.2) is 13.1 Å². The summed E-state index contributed by atoms with van der Waals surface area (Å²) in [6.07, 6.45) is 0. The fraction of sp³-hybridized carbons (Fsp3) is 0.294. The maximum atomic E-state index is 12.5. The molecule has 0 aliphatic heterocycles. The van der Waals surface area contributed by atoms with E-state index in [4.69, 9.17) is 9.47 Å². The molecular weight excluding hydrogens is 314 g/mol. The van der Waals surface area contributed by atoms with Crippen molar-refractivity contribution in [3.63, 3.8) is 0 Å². The minimum Gasteiger partial charge on any atom is -0.497 e. The number of benzene rings is 2. The molecule has 2 rings (SSSR count). The lowest BCUT2D eigenvalue weighted by molar-refractivity contribution is 0.395. The molecule has 0 heterocycles. The van der Waals surface area contributed by atoms with Crippen LogP contribution in [-0.2, 0) is 10.0 Å². The monoisotopic (exact) mass is 335 g/mol. The van der Waals surface area contributed by atoms with Gasteiger partial charge in [-0.05, 0) is 44.2 Å². The van der Waals surface area contributed by atoms with Crippen LogP contribution in [0.25, 0.3) is 0 Å². The normalized spacial score (nSPS) is 12.7. The topological polar surface area (TPSA) is 64.6 Å². The van der Waals surface area contributed by atoms with Gasteiger partial charge in [-0.15, -0.1) is 0 Å². The van der Waals surface area contributed by atoms with Crippen LogP contribution >= 0.6 is 0 Å². The standard InChI is InChI=1S/C17H21NO4S/c1-12-5-8-15(9-6-12)23(19,20)18-13(2)16-11-14(21-3)7-10-17(16)22-4/h5-11,13,18H,1-4H3. The molecule has 0 saturated carbocycles. The SMILES string of the molecule is COc1ccc(OC)c(C(C)NS(=O)(=O)c2ccc(C)cc2)c1. The molecule has 2 aromatic carbocycles. The highest BCUT2D eigenvalue weighted by Crippen LogP contribution is 2.30. The number of hydrogen-bond acceptors (Lipinski definition) is 4. The van der Waals surface area contributed by atoms with Crippen molar-refractivity contribution in [2.45, 2.75) is 24.8 Å². The van der Waals surface area contributed by atoms with Gasteiger partial charge in [0.1, 0.15) is 11.5 Å². The summed E-state index contributed by atoms with van der Waals surface area (Å²) in [7, 11) is -0.505. The second-order valence-corrected chi connectivity index (χ2v) is 6.98. The van der Waals surface area contributed by atoms with Crippen molar-refractivity contribution in [1.82, 2.24) is 4.72 Å². The van der Waals surface area contributed by atoms with Gasteiger partial charge in [0.05, 0.1) is 19.1 Å². The first kappa shape index (κ1) is 17.3. The zero-order chi connectivity index (χ0) is 17.0. The molecule has 124 valence electrons. The Morgan fingerprint density at radius 1 is 1.00 bits per heavy atom. The summed E-state index contributed by atoms with van der Waals surface area (Å²) in [5, 5.41) is 0. The van der Waals surface area contributed by atoms with Crippen LogP contribution in [0.15, 0.2) is 47.4 Å². The van der Waals surface area contributed by atoms with Gasteiger partial charge in [-0.1, -0.05) is 17.7 Å². The van der Waals surface area contributed by atoms with Gasteiger partial charge in [0, 0.05) is 11.6 Å². The Labute approximate surface area is 137 Å². The van der Waals surface area contributed by atoms with Crippen molar-refractivity contribution in [1.29, 1.82) is 0 Å². The summed E-state index contributed by atoms with van der Waals surface area (Å²) in [5.74, 6) is 1.24. The predicted molar refractivity (Wildman–Crippen MR) is 89.5 cm³/mol. The summed E-state index contributed by atoms with van der Waals surface area (Å²) < 4.78 is 38.2. The van der Waals surface area contributed by atoms with Crippen molar-refractivity contribution >= 4 is 10.0 Å². The molecule has 1 N–H and O–H groups in total. The van der Waals surface area contributed by atoms with Gasteiger partial charge >= 0.3 is 0 Å². The van der Waals surface area contributed by atoms with E-state index in [-0.39, 0.29) is 4.90 Å². The maximum absolute atomic E-state index is 12.5. The molecule has 0 amide bonds. The molecule has 0 spiro atoms. The fourth-order valence-electron chi connectivity index (χ4n) is 2.26. The van der Waals surface area contributed by atoms with Crippen LogP contribution in [0.1, 0.15) is 24.1 Å². The average Bonchev–Trinajstić information content (AvgIpc) is 2.54. The van der Waals surface area contributed by atoms with Gasteiger partial charge in [0.15, 0.2) is 0 Å². The molecule has 2 aromatic rings. The zero-order valence-electron chi connectivity index (χ0n) is 13.7. The first-order valence-corrected chi connectivity index (χ1v) is 8.66. The zero-order valence-corrected chi connectivity index (χ0v) is 14.5. The predicted octanol–water partition coefficient (Wildman–Crippen LogP) is 3.05. The van der Waals surface area contributed by atoms with E-state index in [1.54, 1.807) is 63.6 Å². The van der Waals surface area contributed by atoms with E-state index in [0.29, 0.717) is 17.1 Å². The highest BCUT2D eigenvalue weighted by molar-refractivity contribution is 7.89. The van der Waals surface area contributed by atoms with E-state index in [9.17, 15) is 8.42 Å². The molecule has 0 radical (unpaired) electrons. The molecule has 1 unspecified atom stereocenters. The smallest absolute Gasteiger partial charge is 0.241 e. The third-order valence-corrected chi connectivity index (χ3v) is 5.12. The Morgan fingerprint density at radius 3 is 2.22 bits per heavy atom. The maximum Gasteiger partial charge on any atom is 0.241 e. The van der Waals surface area contributed by atoms with Gasteiger partial charge in [0.25, 0.3) is 0 Å². The highest BCUT2D eigenvalue weighted by Gasteiger charge is 2.21. The van der Waals surface area contributed by atoms with E-state index < -0.39 is 16.1 Å². The minimum atomic E-state index is -3.62. The number of methoxy groups -OCH3 is 2. The van der Waals surface area contributed by atoms with Crippen LogP contribution in [0.5, 0.6) is 11.5 Å². The third kappa shape index (κ3) is 4.03. The second kappa shape index (κ2) is 7.02. The number of rotatable bonds is 6. The summed E-state index contributed by atoms with van der Waals surface area (Å²) in [6, 6.07) is 11.5. The lowest BCUT2D eigenvalue weighted by Crippen LogP contribution is -2.27. The van der Waals surface area contributed by atoms with Crippen LogP contribution in [0.3, 0.4) is 0 Å². The number of hydrogen-bond donors (Lipinski definition) is 1. The van der Waals surface area contributed by atoms with Crippen LogP contribution in [0.4, 0.5) is 0 Å². The van der Waals surface area contributed by atoms with Gasteiger partial charge in [-0.3, -0.25) is 0 Å². The molecule has 5 nitrogen and oxygen atoms in total. The second-order valence-electron chi connectivity index (χ2n) is 5.26. The summed E-state index contributed by atoms with van der Waals surface area (Å²) >= 11 is 0. The van der Waals surface area contributed by atoms with Crippen molar-refractivity contribution in [2.24, 2.45) is 0 Å². The first-order valence-electron chi connectivity index (χ1n) is 7.18. The molecule has 6 heteroatoms. The van der Waals surface area contributed by atoms with E-state index in [1.165, 1.54) is 0 Å². The van der Waals surface area contributed by atoms with Gasteiger partial charge in [0.2, 0.25) is 10.0 Å². The average molecular weight is 335 g/mol. The van der Waals surface area contributed by atoms with Crippen molar-refractivity contribution in [3.8, 4) is 11.5 Å². The lowest BCUT2D eigenvalue weighted by Gasteiger charge is -2.18. The van der Waals surface area contributed by atoms with E-state index in [0.717, 1.165) is 5.56 Å². The highest BCUT2D eigenvalue weighted by atomic mass is 32.2. The number of nitrogens with one attached hydrogen (secondary N) is 1. The van der Waals surface area contributed by atoms with E-state index in [2.05, 4.69) is 4.72 Å². The number of sulfonamides is 1. The van der Waals surface area contributed by atoms with Crippen LogP contribution < -0.4 is 14.2 Å². The van der Waals surface area contributed by atoms with Crippen molar-refractivity contribution in [2.75, 3.05) is 14.2 Å². The van der Waals surface area contributed by atoms with Gasteiger partial charge < -0.3 is 9.47 Å². The Balaban J connectivity index is 2.30. The number of ether oxygens (including phenoxy) is 2. The minimum absolute atomic E-state index is 0.233. The van der Waals surface area contributed by atoms with Crippen LogP contribution in [0.2, 0.25) is 0 Å². The number of aryl methyl sites for hydroxylation is 1. The Kier molecular flexibility index (Phi) is 5.28. The summed E-state index contributed by atoms with van der Waals surface area (Å²) in [4.78, 5) is 0.233. The fourth-order valence-corrected chi connectivity index (χ4v) is 3.48. The largest absolute Gasteiger partial charge is 0.497 e. The summed E-state index contributed by atoms with van der Waals surface area (Å²) in [6.45, 7) is 3.68. The van der Waals surface area contributed by atoms with E-state index >= 15 is 0 Å². The lowest BCUT2D eigenvalue weighted by atomic mass is 10.1. The van der Waals surface area contributed by atoms with Crippen LogP contribution in [0, 0.1) is 6.92 Å². The van der Waals surface area contributed by atoms with Crippen LogP contribution in [-0.4, -0.2) is 22.6 Å². The van der Waals surface area contributed by atoms with Crippen molar-refractivity contribution in [3.05, 3.63) is 53.6 Å². The summed E-state index contributed by atoms with van der Waals surface area (Å²) in [5.41, 5.74) is 1.72.